The molecule has 0 fully saturated rings. The minimum Gasteiger partial charge on any atom is -0.495 e. The molecule has 0 aliphatic heterocycles. The van der Waals surface area contributed by atoms with Crippen LogP contribution in [0.4, 0.5) is 0 Å². The van der Waals surface area contributed by atoms with E-state index in [0.29, 0.717) is 5.56 Å². The second-order valence-corrected chi connectivity index (χ2v) is 12.5. The zero-order valence-corrected chi connectivity index (χ0v) is 20.0. The summed E-state index contributed by atoms with van der Waals surface area (Å²) in [6.07, 6.45) is 0.857. The van der Waals surface area contributed by atoms with E-state index in [2.05, 4.69) is 97.1 Å². The number of rotatable bonds is 6. The molecule has 1 heterocycles. The fourth-order valence-electron chi connectivity index (χ4n) is 4.50. The summed E-state index contributed by atoms with van der Waals surface area (Å²) in [7, 11) is -0.277. The molecule has 0 bridgehead atoms. The van der Waals surface area contributed by atoms with Crippen molar-refractivity contribution in [3.63, 3.8) is 0 Å². The minimum atomic E-state index is -2.02. The molecule has 2 nitrogen and oxygen atoms in total. The van der Waals surface area contributed by atoms with Crippen LogP contribution < -0.4 is 20.7 Å². The first-order valence-corrected chi connectivity index (χ1v) is 13.6. The smallest absolute Gasteiger partial charge is 0.144 e. The van der Waals surface area contributed by atoms with E-state index < -0.39 is 7.26 Å². The molecule has 33 heavy (non-hydrogen) atoms. The fourth-order valence-corrected chi connectivity index (χ4v) is 10.4. The average Bonchev–Trinajstić information content (AvgIpc) is 3.24. The van der Waals surface area contributed by atoms with Crippen LogP contribution in [0, 0.1) is 11.3 Å². The average molecular weight is 465 g/mol. The lowest BCUT2D eigenvalue weighted by Crippen LogP contribution is -2.32. The summed E-state index contributed by atoms with van der Waals surface area (Å²) < 4.78 is 7.06. The molecule has 5 rings (SSSR count). The van der Waals surface area contributed by atoms with Gasteiger partial charge in [-0.15, -0.1) is 11.3 Å². The van der Waals surface area contributed by atoms with E-state index in [1.807, 2.05) is 18.2 Å². The molecule has 0 saturated heterocycles. The molecule has 5 aromatic rings. The first-order valence-electron chi connectivity index (χ1n) is 10.8. The predicted octanol–water partition coefficient (Wildman–Crippen LogP) is 6.28. The third-order valence-electron chi connectivity index (χ3n) is 6.02. The Morgan fingerprint density at radius 3 is 1.73 bits per heavy atom. The third-order valence-corrected chi connectivity index (χ3v) is 11.7. The minimum absolute atomic E-state index is 0.674. The van der Waals surface area contributed by atoms with Crippen molar-refractivity contribution in [2.45, 2.75) is 6.16 Å². The maximum Gasteiger partial charge on any atom is 0.144 e. The maximum atomic E-state index is 9.39. The van der Waals surface area contributed by atoms with E-state index in [1.165, 1.54) is 20.8 Å². The third kappa shape index (κ3) is 3.83. The number of hydrogen-bond donors (Lipinski definition) is 0. The van der Waals surface area contributed by atoms with Crippen molar-refractivity contribution in [3.8, 4) is 11.8 Å². The Kier molecular flexibility index (Phi) is 5.97. The first kappa shape index (κ1) is 21.4. The summed E-state index contributed by atoms with van der Waals surface area (Å²) in [5.41, 5.74) is 0.674. The summed E-state index contributed by atoms with van der Waals surface area (Å²) in [6.45, 7) is 0. The van der Waals surface area contributed by atoms with E-state index >= 15 is 0 Å². The Hall–Kier alpha value is -3.44. The lowest BCUT2D eigenvalue weighted by Gasteiger charge is -2.27. The molecule has 0 radical (unpaired) electrons. The Balaban J connectivity index is 1.80. The second-order valence-electron chi connectivity index (χ2n) is 7.86. The van der Waals surface area contributed by atoms with Crippen molar-refractivity contribution in [1.82, 2.24) is 0 Å². The summed E-state index contributed by atoms with van der Waals surface area (Å²) in [5.74, 6) is 0.923. The monoisotopic (exact) mass is 464 g/mol. The van der Waals surface area contributed by atoms with Gasteiger partial charge in [0.1, 0.15) is 35.1 Å². The van der Waals surface area contributed by atoms with Crippen molar-refractivity contribution in [3.05, 3.63) is 120 Å². The van der Waals surface area contributed by atoms with Gasteiger partial charge < -0.3 is 4.74 Å². The van der Waals surface area contributed by atoms with Gasteiger partial charge in [-0.05, 0) is 54.6 Å². The highest BCUT2D eigenvalue weighted by Gasteiger charge is 2.46. The number of benzene rings is 4. The highest BCUT2D eigenvalue weighted by Crippen LogP contribution is 2.60. The molecule has 0 spiro atoms. The second kappa shape index (κ2) is 9.20. The van der Waals surface area contributed by atoms with Gasteiger partial charge in [0, 0.05) is 10.1 Å². The quantitative estimate of drug-likeness (QED) is 0.277. The van der Waals surface area contributed by atoms with Crippen molar-refractivity contribution < 1.29 is 4.74 Å². The topological polar surface area (TPSA) is 33.0 Å². The zero-order chi connectivity index (χ0) is 22.7. The number of methoxy groups -OCH3 is 1. The molecule has 0 saturated carbocycles. The van der Waals surface area contributed by atoms with Crippen LogP contribution in [0.1, 0.15) is 10.4 Å². The van der Waals surface area contributed by atoms with Crippen LogP contribution in [0.3, 0.4) is 0 Å². The maximum absolute atomic E-state index is 9.39. The SMILES string of the molecule is COc1c(C[P+](c2ccccc2)(c2ccccc2)c2ccccc2)sc2cc(C#N)ccc12. The highest BCUT2D eigenvalue weighted by molar-refractivity contribution is 7.95. The van der Waals surface area contributed by atoms with E-state index in [4.69, 9.17) is 4.74 Å². The van der Waals surface area contributed by atoms with Gasteiger partial charge in [0.15, 0.2) is 0 Å². The van der Waals surface area contributed by atoms with Crippen LogP contribution in [0.15, 0.2) is 109 Å². The molecule has 0 aliphatic carbocycles. The van der Waals surface area contributed by atoms with Gasteiger partial charge >= 0.3 is 0 Å². The molecule has 0 atom stereocenters. The number of nitrogens with zero attached hydrogens (tertiary/aromatic N) is 1. The Labute approximate surface area is 199 Å². The molecular weight excluding hydrogens is 441 g/mol. The Morgan fingerprint density at radius 2 is 1.27 bits per heavy atom. The zero-order valence-electron chi connectivity index (χ0n) is 18.3. The van der Waals surface area contributed by atoms with E-state index in [0.717, 1.165) is 22.0 Å². The summed E-state index contributed by atoms with van der Waals surface area (Å²) >= 11 is 1.74. The van der Waals surface area contributed by atoms with E-state index in [1.54, 1.807) is 18.4 Å². The van der Waals surface area contributed by atoms with Crippen LogP contribution in [-0.2, 0) is 6.16 Å². The van der Waals surface area contributed by atoms with Gasteiger partial charge in [0.25, 0.3) is 0 Å². The fraction of sp³-hybridized carbons (Fsp3) is 0.0690. The van der Waals surface area contributed by atoms with Crippen LogP contribution in [0.25, 0.3) is 10.1 Å². The van der Waals surface area contributed by atoms with Gasteiger partial charge in [-0.3, -0.25) is 0 Å². The molecule has 1 aromatic heterocycles. The van der Waals surface area contributed by atoms with E-state index in [9.17, 15) is 5.26 Å². The van der Waals surface area contributed by atoms with Gasteiger partial charge in [0.05, 0.1) is 23.6 Å². The van der Waals surface area contributed by atoms with Crippen LogP contribution in [0.2, 0.25) is 0 Å². The predicted molar refractivity (Wildman–Crippen MR) is 142 cm³/mol. The lowest BCUT2D eigenvalue weighted by atomic mass is 10.2. The van der Waals surface area contributed by atoms with Crippen LogP contribution in [-0.4, -0.2) is 7.11 Å². The molecule has 0 amide bonds. The molecule has 4 aromatic carbocycles. The largest absolute Gasteiger partial charge is 0.495 e. The van der Waals surface area contributed by atoms with Crippen molar-refractivity contribution in [2.75, 3.05) is 7.11 Å². The van der Waals surface area contributed by atoms with Crippen LogP contribution in [0.5, 0.6) is 5.75 Å². The van der Waals surface area contributed by atoms with Gasteiger partial charge in [-0.25, -0.2) is 0 Å². The number of ether oxygens (including phenoxy) is 1. The molecule has 0 unspecified atom stereocenters. The van der Waals surface area contributed by atoms with Gasteiger partial charge in [0.2, 0.25) is 0 Å². The Bertz CT molecular complexity index is 1330. The van der Waals surface area contributed by atoms with Crippen molar-refractivity contribution in [2.24, 2.45) is 0 Å². The number of fused-ring (bicyclic) bond motifs is 1. The molecule has 160 valence electrons. The van der Waals surface area contributed by atoms with E-state index in [-0.39, 0.29) is 0 Å². The molecule has 0 N–H and O–H groups in total. The summed E-state index contributed by atoms with van der Waals surface area (Å²) in [5, 5.41) is 14.5. The molecule has 4 heteroatoms. The van der Waals surface area contributed by atoms with Gasteiger partial charge in [-0.2, -0.15) is 5.26 Å². The van der Waals surface area contributed by atoms with Gasteiger partial charge in [-0.1, -0.05) is 54.6 Å². The van der Waals surface area contributed by atoms with Crippen molar-refractivity contribution in [1.29, 1.82) is 5.26 Å². The number of hydrogen-bond acceptors (Lipinski definition) is 3. The Morgan fingerprint density at radius 1 is 0.758 bits per heavy atom. The van der Waals surface area contributed by atoms with Crippen LogP contribution >= 0.6 is 18.6 Å². The molecule has 0 aliphatic rings. The highest BCUT2D eigenvalue weighted by atomic mass is 32.1. The lowest BCUT2D eigenvalue weighted by molar-refractivity contribution is 0.418. The normalized spacial score (nSPS) is 11.3. The number of thiophene rings is 1. The molecular formula is C29H23NOPS+. The summed E-state index contributed by atoms with van der Waals surface area (Å²) in [6, 6.07) is 40.8. The number of nitriles is 1. The van der Waals surface area contributed by atoms with Crippen molar-refractivity contribution >= 4 is 44.6 Å². The summed E-state index contributed by atoms with van der Waals surface area (Å²) in [4.78, 5) is 1.22. The first-order chi connectivity index (χ1) is 16.3. The standard InChI is InChI=1S/C29H23NOPS/c1-31-29-26-18-17-22(20-30)19-27(26)33-28(29)21-32(23-11-5-2-6-12-23,24-13-7-3-8-14-24)25-15-9-4-10-16-25/h2-19H,21H2,1H3/q+1.